The summed E-state index contributed by atoms with van der Waals surface area (Å²) >= 11 is 0. The summed E-state index contributed by atoms with van der Waals surface area (Å²) in [6.45, 7) is 1.54. The molecular formula is C28H24F2N4O5. The van der Waals surface area contributed by atoms with E-state index in [2.05, 4.69) is 20.1 Å². The number of benzene rings is 3. The number of hydrogen-bond donors (Lipinski definition) is 3. The Balaban J connectivity index is 1.23. The maximum Gasteiger partial charge on any atom is 0.295 e. The van der Waals surface area contributed by atoms with E-state index in [1.54, 1.807) is 31.2 Å². The van der Waals surface area contributed by atoms with Crippen LogP contribution >= 0.6 is 0 Å². The highest BCUT2D eigenvalue weighted by atomic mass is 19.1. The number of nitrogens with one attached hydrogen (secondary N) is 1. The molecule has 3 N–H and O–H groups in total. The summed E-state index contributed by atoms with van der Waals surface area (Å²) in [5.74, 6) is -0.576. The molecule has 0 amide bonds. The van der Waals surface area contributed by atoms with Crippen molar-refractivity contribution >= 4 is 11.0 Å². The standard InChI is InChI=1S/C28H24F2N4O5/c1-14-31-27(34-39-14)18-8-4-16(5-9-18)15-2-6-17(7-3-15)24-20(29)11-21-26(25(24)30)33-28(32-21)38-19-10-22(36)23(12-35)37-13-19/h2-9,11,19,22-23,35-36H,10,12-13H2,1H3,(H,32,33). The van der Waals surface area contributed by atoms with Crippen LogP contribution in [0.1, 0.15) is 12.3 Å². The van der Waals surface area contributed by atoms with E-state index >= 15 is 8.78 Å². The number of imidazole rings is 1. The molecule has 1 saturated heterocycles. The number of nitrogens with zero attached hydrogens (tertiary/aromatic N) is 3. The number of halogens is 2. The van der Waals surface area contributed by atoms with Gasteiger partial charge in [0.05, 0.1) is 30.4 Å². The summed E-state index contributed by atoms with van der Waals surface area (Å²) in [4.78, 5) is 11.2. The third-order valence-corrected chi connectivity index (χ3v) is 6.71. The molecule has 39 heavy (non-hydrogen) atoms. The van der Waals surface area contributed by atoms with Gasteiger partial charge in [0.2, 0.25) is 11.7 Å². The number of hydrogen-bond acceptors (Lipinski definition) is 8. The van der Waals surface area contributed by atoms with E-state index in [0.29, 0.717) is 17.3 Å². The number of aryl methyl sites for hydroxylation is 1. The van der Waals surface area contributed by atoms with Crippen molar-refractivity contribution in [2.45, 2.75) is 31.7 Å². The third-order valence-electron chi connectivity index (χ3n) is 6.71. The average Bonchev–Trinajstić information content (AvgIpc) is 3.55. The minimum atomic E-state index is -0.908. The van der Waals surface area contributed by atoms with Gasteiger partial charge >= 0.3 is 0 Å². The topological polar surface area (TPSA) is 127 Å². The van der Waals surface area contributed by atoms with Gasteiger partial charge in [-0.1, -0.05) is 53.7 Å². The zero-order chi connectivity index (χ0) is 27.1. The maximum absolute atomic E-state index is 15.5. The lowest BCUT2D eigenvalue weighted by atomic mass is 9.98. The van der Waals surface area contributed by atoms with Gasteiger partial charge in [-0.3, -0.25) is 0 Å². The molecule has 3 aromatic carbocycles. The zero-order valence-corrected chi connectivity index (χ0v) is 20.8. The van der Waals surface area contributed by atoms with Crippen molar-refractivity contribution in [3.63, 3.8) is 0 Å². The van der Waals surface area contributed by atoms with Crippen molar-refractivity contribution in [1.82, 2.24) is 20.1 Å². The SMILES string of the molecule is Cc1nc(-c2ccc(-c3ccc(-c4c(F)cc5[nH]c(OC6COC(CO)C(O)C6)nc5c4F)cc3)cc2)no1. The molecule has 2 aromatic heterocycles. The molecule has 11 heteroatoms. The number of ether oxygens (including phenoxy) is 2. The van der Waals surface area contributed by atoms with Crippen molar-refractivity contribution in [3.05, 3.63) is 72.1 Å². The number of fused-ring (bicyclic) bond motifs is 1. The van der Waals surface area contributed by atoms with Crippen LogP contribution in [-0.4, -0.2) is 61.8 Å². The fourth-order valence-electron chi connectivity index (χ4n) is 4.68. The largest absolute Gasteiger partial charge is 0.459 e. The van der Waals surface area contributed by atoms with E-state index in [0.717, 1.165) is 16.7 Å². The number of aromatic amines is 1. The second-order valence-electron chi connectivity index (χ2n) is 9.37. The molecule has 0 bridgehead atoms. The van der Waals surface area contributed by atoms with Gasteiger partial charge in [0.25, 0.3) is 6.01 Å². The Bertz CT molecular complexity index is 1620. The van der Waals surface area contributed by atoms with Crippen molar-refractivity contribution in [2.75, 3.05) is 13.2 Å². The number of aliphatic hydroxyl groups excluding tert-OH is 2. The van der Waals surface area contributed by atoms with Crippen LogP contribution in [0.5, 0.6) is 6.01 Å². The molecule has 1 aliphatic rings. The third kappa shape index (κ3) is 4.87. The van der Waals surface area contributed by atoms with Crippen LogP contribution in [0.4, 0.5) is 8.78 Å². The Morgan fingerprint density at radius 2 is 1.67 bits per heavy atom. The van der Waals surface area contributed by atoms with Gasteiger partial charge in [-0.15, -0.1) is 0 Å². The smallest absolute Gasteiger partial charge is 0.295 e. The van der Waals surface area contributed by atoms with E-state index in [4.69, 9.17) is 14.0 Å². The van der Waals surface area contributed by atoms with E-state index in [1.807, 2.05) is 24.3 Å². The first kappa shape index (κ1) is 25.1. The molecule has 200 valence electrons. The zero-order valence-electron chi connectivity index (χ0n) is 20.8. The predicted molar refractivity (Wildman–Crippen MR) is 137 cm³/mol. The highest BCUT2D eigenvalue weighted by Gasteiger charge is 2.31. The van der Waals surface area contributed by atoms with Crippen molar-refractivity contribution in [2.24, 2.45) is 0 Å². The first-order valence-electron chi connectivity index (χ1n) is 12.4. The second-order valence-corrected chi connectivity index (χ2v) is 9.37. The Morgan fingerprint density at radius 1 is 1.00 bits per heavy atom. The normalized spacial score (nSPS) is 19.5. The van der Waals surface area contributed by atoms with Gasteiger partial charge in [-0.05, 0) is 16.7 Å². The number of H-pyrrole nitrogens is 1. The van der Waals surface area contributed by atoms with Gasteiger partial charge < -0.3 is 29.2 Å². The van der Waals surface area contributed by atoms with E-state index in [9.17, 15) is 10.2 Å². The minimum absolute atomic E-state index is 0.0153. The monoisotopic (exact) mass is 534 g/mol. The highest BCUT2D eigenvalue weighted by Crippen LogP contribution is 2.34. The first-order chi connectivity index (χ1) is 18.9. The molecular weight excluding hydrogens is 510 g/mol. The second kappa shape index (κ2) is 10.2. The summed E-state index contributed by atoms with van der Waals surface area (Å²) < 4.78 is 46.7. The molecule has 1 aliphatic heterocycles. The van der Waals surface area contributed by atoms with E-state index < -0.39 is 29.9 Å². The Labute approximate surface area is 221 Å². The molecule has 0 saturated carbocycles. The van der Waals surface area contributed by atoms with Crippen molar-refractivity contribution in [1.29, 1.82) is 0 Å². The van der Waals surface area contributed by atoms with Crippen LogP contribution in [0.2, 0.25) is 0 Å². The molecule has 3 heterocycles. The summed E-state index contributed by atoms with van der Waals surface area (Å²) in [6.07, 6.45) is -1.94. The van der Waals surface area contributed by atoms with Gasteiger partial charge in [0.1, 0.15) is 23.5 Å². The van der Waals surface area contributed by atoms with Crippen LogP contribution in [0, 0.1) is 18.6 Å². The van der Waals surface area contributed by atoms with E-state index in [1.165, 1.54) is 6.07 Å². The number of rotatable bonds is 6. The summed E-state index contributed by atoms with van der Waals surface area (Å²) in [7, 11) is 0. The molecule has 9 nitrogen and oxygen atoms in total. The van der Waals surface area contributed by atoms with Crippen molar-refractivity contribution in [3.8, 4) is 39.7 Å². The lowest BCUT2D eigenvalue weighted by molar-refractivity contribution is -0.131. The highest BCUT2D eigenvalue weighted by molar-refractivity contribution is 5.84. The van der Waals surface area contributed by atoms with Gasteiger partial charge in [-0.25, -0.2) is 8.78 Å². The number of aliphatic hydroxyl groups is 2. The lowest BCUT2D eigenvalue weighted by Gasteiger charge is -2.31. The minimum Gasteiger partial charge on any atom is -0.459 e. The van der Waals surface area contributed by atoms with Crippen molar-refractivity contribution < 1.29 is 33.0 Å². The summed E-state index contributed by atoms with van der Waals surface area (Å²) in [5.41, 5.74) is 2.83. The molecule has 0 aliphatic carbocycles. The molecule has 0 radical (unpaired) electrons. The molecule has 1 fully saturated rings. The maximum atomic E-state index is 15.5. The molecule has 3 unspecified atom stereocenters. The van der Waals surface area contributed by atoms with Gasteiger partial charge in [-0.2, -0.15) is 9.97 Å². The van der Waals surface area contributed by atoms with Crippen LogP contribution < -0.4 is 4.74 Å². The van der Waals surface area contributed by atoms with Crippen LogP contribution in [0.3, 0.4) is 0 Å². The van der Waals surface area contributed by atoms with Crippen LogP contribution in [-0.2, 0) is 4.74 Å². The fraction of sp³-hybridized carbons (Fsp3) is 0.250. The molecule has 6 rings (SSSR count). The fourth-order valence-corrected chi connectivity index (χ4v) is 4.68. The molecule has 3 atom stereocenters. The Kier molecular flexibility index (Phi) is 6.55. The van der Waals surface area contributed by atoms with Gasteiger partial charge in [0, 0.05) is 25.0 Å². The quantitative estimate of drug-likeness (QED) is 0.292. The first-order valence-corrected chi connectivity index (χ1v) is 12.4. The Morgan fingerprint density at radius 3 is 2.28 bits per heavy atom. The van der Waals surface area contributed by atoms with Crippen LogP contribution in [0.15, 0.2) is 59.1 Å². The van der Waals surface area contributed by atoms with Gasteiger partial charge in [0.15, 0.2) is 5.82 Å². The van der Waals surface area contributed by atoms with Crippen LogP contribution in [0.25, 0.3) is 44.7 Å². The lowest BCUT2D eigenvalue weighted by Crippen LogP contribution is -2.45. The Hall–Kier alpha value is -4.19. The predicted octanol–water partition coefficient (Wildman–Crippen LogP) is 4.42. The summed E-state index contributed by atoms with van der Waals surface area (Å²) in [6, 6.07) is 15.6. The average molecular weight is 535 g/mol. The molecule has 5 aromatic rings. The molecule has 0 spiro atoms. The number of aromatic nitrogens is 4. The van der Waals surface area contributed by atoms with E-state index in [-0.39, 0.29) is 42.2 Å². The summed E-state index contributed by atoms with van der Waals surface area (Å²) in [5, 5.41) is 23.2.